The van der Waals surface area contributed by atoms with Crippen molar-refractivity contribution in [1.82, 2.24) is 9.88 Å². The van der Waals surface area contributed by atoms with Gasteiger partial charge in [-0.1, -0.05) is 0 Å². The average molecular weight is 328 g/mol. The largest absolute Gasteiger partial charge is 0.472 e. The molecule has 0 N–H and O–H groups in total. The molecule has 0 aromatic carbocycles. The second-order valence-corrected chi connectivity index (χ2v) is 6.95. The van der Waals surface area contributed by atoms with Crippen LogP contribution in [0.2, 0.25) is 0 Å². The predicted molar refractivity (Wildman–Crippen MR) is 89.3 cm³/mol. The van der Waals surface area contributed by atoms with E-state index in [0.29, 0.717) is 12.7 Å². The highest BCUT2D eigenvalue weighted by Gasteiger charge is 2.48. The number of ether oxygens (including phenoxy) is 2. The van der Waals surface area contributed by atoms with Crippen LogP contribution < -0.4 is 0 Å². The van der Waals surface area contributed by atoms with Crippen LogP contribution in [-0.2, 0) is 22.6 Å². The minimum atomic E-state index is 0.120. The Kier molecular flexibility index (Phi) is 4.65. The zero-order valence-corrected chi connectivity index (χ0v) is 13.9. The molecule has 2 aliphatic rings. The van der Waals surface area contributed by atoms with Gasteiger partial charge in [0.15, 0.2) is 0 Å². The quantitative estimate of drug-likeness (QED) is 0.816. The van der Waals surface area contributed by atoms with Gasteiger partial charge in [0.2, 0.25) is 0 Å². The molecule has 0 saturated carbocycles. The summed E-state index contributed by atoms with van der Waals surface area (Å²) >= 11 is 0. The number of rotatable bonds is 6. The molecular weight excluding hydrogens is 304 g/mol. The Bertz CT molecular complexity index is 631. The molecule has 0 spiro atoms. The minimum Gasteiger partial charge on any atom is -0.472 e. The maximum Gasteiger partial charge on any atom is 0.0947 e. The maximum absolute atomic E-state index is 6.09. The van der Waals surface area contributed by atoms with Crippen LogP contribution in [0.3, 0.4) is 0 Å². The van der Waals surface area contributed by atoms with Gasteiger partial charge in [-0.2, -0.15) is 0 Å². The van der Waals surface area contributed by atoms with E-state index in [4.69, 9.17) is 13.9 Å². The zero-order valence-electron chi connectivity index (χ0n) is 13.9. The van der Waals surface area contributed by atoms with Gasteiger partial charge in [0.25, 0.3) is 0 Å². The SMILES string of the molecule is c1cc(COC[C@@]23CCO[C@@H]2CCN(Cc2ccoc2)C3)ccn1. The fourth-order valence-corrected chi connectivity index (χ4v) is 3.97. The molecule has 2 aromatic heterocycles. The van der Waals surface area contributed by atoms with Crippen molar-refractivity contribution < 1.29 is 13.9 Å². The number of piperidine rings is 1. The molecule has 0 radical (unpaired) electrons. The fourth-order valence-electron chi connectivity index (χ4n) is 3.97. The lowest BCUT2D eigenvalue weighted by Crippen LogP contribution is -2.51. The molecule has 2 saturated heterocycles. The zero-order chi connectivity index (χ0) is 16.2. The number of furan rings is 1. The third-order valence-corrected chi connectivity index (χ3v) is 5.24. The summed E-state index contributed by atoms with van der Waals surface area (Å²) in [6, 6.07) is 6.06. The number of aromatic nitrogens is 1. The number of pyridine rings is 1. The predicted octanol–water partition coefficient (Wildman–Crippen LogP) is 2.87. The molecular formula is C19H24N2O3. The van der Waals surface area contributed by atoms with E-state index in [1.54, 1.807) is 6.26 Å². The summed E-state index contributed by atoms with van der Waals surface area (Å²) in [4.78, 5) is 6.56. The highest BCUT2D eigenvalue weighted by atomic mass is 16.5. The van der Waals surface area contributed by atoms with Crippen molar-refractivity contribution >= 4 is 0 Å². The van der Waals surface area contributed by atoms with Gasteiger partial charge in [-0.05, 0) is 36.6 Å². The summed E-state index contributed by atoms with van der Waals surface area (Å²) in [6.45, 7) is 5.28. The van der Waals surface area contributed by atoms with Crippen LogP contribution in [0.15, 0.2) is 47.5 Å². The standard InChI is InChI=1S/C19H24N2O3/c1-6-20-7-2-16(1)12-23-15-19-5-10-24-18(19)3-8-21(14-19)11-17-4-9-22-13-17/h1-2,4,6-7,9,13,18H,3,5,8,10-12,14-15H2/t18-,19+/m1/s1. The van der Waals surface area contributed by atoms with Crippen molar-refractivity contribution in [2.24, 2.45) is 5.41 Å². The molecule has 0 aliphatic carbocycles. The first kappa shape index (κ1) is 15.8. The van der Waals surface area contributed by atoms with E-state index in [-0.39, 0.29) is 5.41 Å². The lowest BCUT2D eigenvalue weighted by molar-refractivity contribution is -0.0685. The van der Waals surface area contributed by atoms with Crippen molar-refractivity contribution in [2.75, 3.05) is 26.3 Å². The molecule has 5 nitrogen and oxygen atoms in total. The molecule has 2 fully saturated rings. The summed E-state index contributed by atoms with van der Waals surface area (Å²) in [5.41, 5.74) is 2.53. The number of likely N-dealkylation sites (tertiary alicyclic amines) is 1. The van der Waals surface area contributed by atoms with Gasteiger partial charge in [-0.3, -0.25) is 9.88 Å². The Labute approximate surface area is 142 Å². The third-order valence-electron chi connectivity index (χ3n) is 5.24. The van der Waals surface area contributed by atoms with Crippen LogP contribution in [0, 0.1) is 5.41 Å². The molecule has 0 bridgehead atoms. The molecule has 4 rings (SSSR count). The lowest BCUT2D eigenvalue weighted by atomic mass is 9.77. The highest BCUT2D eigenvalue weighted by Crippen LogP contribution is 2.41. The monoisotopic (exact) mass is 328 g/mol. The summed E-state index contributed by atoms with van der Waals surface area (Å²) in [7, 11) is 0. The number of hydrogen-bond acceptors (Lipinski definition) is 5. The Morgan fingerprint density at radius 1 is 1.25 bits per heavy atom. The summed E-state index contributed by atoms with van der Waals surface area (Å²) in [5, 5.41) is 0. The first-order valence-electron chi connectivity index (χ1n) is 8.66. The van der Waals surface area contributed by atoms with E-state index in [1.165, 1.54) is 11.1 Å². The number of fused-ring (bicyclic) bond motifs is 1. The van der Waals surface area contributed by atoms with Gasteiger partial charge >= 0.3 is 0 Å². The van der Waals surface area contributed by atoms with Gasteiger partial charge in [-0.25, -0.2) is 0 Å². The van der Waals surface area contributed by atoms with Gasteiger partial charge in [-0.15, -0.1) is 0 Å². The molecule has 2 atom stereocenters. The average Bonchev–Trinajstić information content (AvgIpc) is 3.25. The van der Waals surface area contributed by atoms with Crippen LogP contribution in [-0.4, -0.2) is 42.3 Å². The first-order chi connectivity index (χ1) is 11.8. The second kappa shape index (κ2) is 7.05. The molecule has 128 valence electrons. The Morgan fingerprint density at radius 2 is 2.17 bits per heavy atom. The van der Waals surface area contributed by atoms with Gasteiger partial charge in [0, 0.05) is 49.6 Å². The Morgan fingerprint density at radius 3 is 3.00 bits per heavy atom. The maximum atomic E-state index is 6.09. The molecule has 0 amide bonds. The van der Waals surface area contributed by atoms with E-state index in [2.05, 4.69) is 9.88 Å². The van der Waals surface area contributed by atoms with Crippen molar-refractivity contribution in [3.8, 4) is 0 Å². The van der Waals surface area contributed by atoms with Crippen LogP contribution in [0.5, 0.6) is 0 Å². The molecule has 24 heavy (non-hydrogen) atoms. The van der Waals surface area contributed by atoms with Gasteiger partial charge in [0.1, 0.15) is 0 Å². The van der Waals surface area contributed by atoms with Crippen molar-refractivity contribution in [3.63, 3.8) is 0 Å². The van der Waals surface area contributed by atoms with Crippen molar-refractivity contribution in [3.05, 3.63) is 54.2 Å². The number of hydrogen-bond donors (Lipinski definition) is 0. The lowest BCUT2D eigenvalue weighted by Gasteiger charge is -2.43. The molecule has 0 unspecified atom stereocenters. The van der Waals surface area contributed by atoms with Gasteiger partial charge < -0.3 is 13.9 Å². The van der Waals surface area contributed by atoms with E-state index >= 15 is 0 Å². The molecule has 2 aromatic rings. The van der Waals surface area contributed by atoms with Gasteiger partial charge in [0.05, 0.1) is 31.8 Å². The molecule has 5 heteroatoms. The third kappa shape index (κ3) is 3.38. The Balaban J connectivity index is 1.38. The van der Waals surface area contributed by atoms with E-state index in [0.717, 1.165) is 45.7 Å². The topological polar surface area (TPSA) is 47.7 Å². The summed E-state index contributed by atoms with van der Waals surface area (Å²) in [6.07, 6.45) is 9.69. The van der Waals surface area contributed by atoms with E-state index in [1.807, 2.05) is 36.9 Å². The summed E-state index contributed by atoms with van der Waals surface area (Å²) in [5.74, 6) is 0. The number of nitrogens with zero attached hydrogens (tertiary/aromatic N) is 2. The van der Waals surface area contributed by atoms with E-state index in [9.17, 15) is 0 Å². The molecule has 2 aliphatic heterocycles. The van der Waals surface area contributed by atoms with Crippen molar-refractivity contribution in [1.29, 1.82) is 0 Å². The summed E-state index contributed by atoms with van der Waals surface area (Å²) < 4.78 is 17.3. The Hall–Kier alpha value is -1.69. The van der Waals surface area contributed by atoms with Crippen LogP contribution in [0.25, 0.3) is 0 Å². The second-order valence-electron chi connectivity index (χ2n) is 6.95. The fraction of sp³-hybridized carbons (Fsp3) is 0.526. The normalized spacial score (nSPS) is 27.2. The van der Waals surface area contributed by atoms with Crippen molar-refractivity contribution in [2.45, 2.75) is 32.1 Å². The van der Waals surface area contributed by atoms with Crippen LogP contribution in [0.1, 0.15) is 24.0 Å². The molecule has 4 heterocycles. The van der Waals surface area contributed by atoms with E-state index < -0.39 is 0 Å². The highest BCUT2D eigenvalue weighted by molar-refractivity contribution is 5.09. The minimum absolute atomic E-state index is 0.120. The first-order valence-corrected chi connectivity index (χ1v) is 8.66. The van der Waals surface area contributed by atoms with Crippen LogP contribution >= 0.6 is 0 Å². The van der Waals surface area contributed by atoms with Crippen LogP contribution in [0.4, 0.5) is 0 Å². The smallest absolute Gasteiger partial charge is 0.0947 e.